The van der Waals surface area contributed by atoms with E-state index in [0.717, 1.165) is 17.4 Å². The molecule has 3 heterocycles. The highest BCUT2D eigenvalue weighted by Crippen LogP contribution is 2.33. The van der Waals surface area contributed by atoms with Gasteiger partial charge in [0.1, 0.15) is 16.6 Å². The Hall–Kier alpha value is -3.64. The number of aromatic hydroxyl groups is 1. The molecule has 1 aromatic carbocycles. The smallest absolute Gasteiger partial charge is 0.274 e. The van der Waals surface area contributed by atoms with Crippen LogP contribution in [0.4, 0.5) is 8.78 Å². The third kappa shape index (κ3) is 5.86. The van der Waals surface area contributed by atoms with E-state index >= 15 is 0 Å². The Labute approximate surface area is 228 Å². The molecule has 4 rings (SSSR count). The number of benzene rings is 1. The molecule has 2 amide bonds. The summed E-state index contributed by atoms with van der Waals surface area (Å²) in [6.45, 7) is 4.61. The normalized spacial score (nSPS) is 15.1. The van der Waals surface area contributed by atoms with E-state index in [1.807, 2.05) is 13.8 Å². The maximum absolute atomic E-state index is 14.2. The highest BCUT2D eigenvalue weighted by Gasteiger charge is 2.37. The number of amides is 2. The number of nitrogens with zero attached hydrogens (tertiary/aromatic N) is 4. The van der Waals surface area contributed by atoms with E-state index in [2.05, 4.69) is 4.98 Å². The fourth-order valence-corrected chi connectivity index (χ4v) is 5.43. The van der Waals surface area contributed by atoms with Gasteiger partial charge in [-0.25, -0.2) is 13.8 Å². The summed E-state index contributed by atoms with van der Waals surface area (Å²) in [5, 5.41) is 11.2. The molecule has 0 saturated carbocycles. The van der Waals surface area contributed by atoms with Crippen molar-refractivity contribution in [3.63, 3.8) is 0 Å². The number of thiazole rings is 1. The van der Waals surface area contributed by atoms with Crippen LogP contribution in [0.3, 0.4) is 0 Å². The Balaban J connectivity index is 1.72. The molecule has 0 spiro atoms. The second kappa shape index (κ2) is 11.6. The molecule has 208 valence electrons. The van der Waals surface area contributed by atoms with Gasteiger partial charge in [0, 0.05) is 69.5 Å². The van der Waals surface area contributed by atoms with Gasteiger partial charge < -0.3 is 24.2 Å². The third-order valence-electron chi connectivity index (χ3n) is 6.73. The van der Waals surface area contributed by atoms with Gasteiger partial charge in [-0.3, -0.25) is 14.4 Å². The summed E-state index contributed by atoms with van der Waals surface area (Å²) >= 11 is 1.12. The summed E-state index contributed by atoms with van der Waals surface area (Å²) in [5.74, 6) is -2.77. The Morgan fingerprint density at radius 2 is 2.05 bits per heavy atom. The molecule has 0 radical (unpaired) electrons. The first-order valence-corrected chi connectivity index (χ1v) is 13.2. The van der Waals surface area contributed by atoms with Crippen LogP contribution < -0.4 is 5.43 Å². The van der Waals surface area contributed by atoms with Gasteiger partial charge in [0.25, 0.3) is 5.91 Å². The molecule has 9 nitrogen and oxygen atoms in total. The minimum atomic E-state index is -0.767. The number of hydrogen-bond donors (Lipinski definition) is 1. The molecule has 12 heteroatoms. The van der Waals surface area contributed by atoms with Crippen LogP contribution in [0.5, 0.6) is 5.75 Å². The monoisotopic (exact) mass is 560 g/mol. The van der Waals surface area contributed by atoms with E-state index in [1.54, 1.807) is 14.2 Å². The largest absolute Gasteiger partial charge is 0.503 e. The Bertz CT molecular complexity index is 1450. The van der Waals surface area contributed by atoms with E-state index in [0.29, 0.717) is 18.0 Å². The van der Waals surface area contributed by atoms with Gasteiger partial charge in [-0.1, -0.05) is 6.07 Å². The Morgan fingerprint density at radius 1 is 1.31 bits per heavy atom. The number of likely N-dealkylation sites (N-methyl/N-ethyl adjacent to an activating group) is 1. The van der Waals surface area contributed by atoms with Crippen molar-refractivity contribution in [2.45, 2.75) is 38.8 Å². The van der Waals surface area contributed by atoms with E-state index < -0.39 is 34.8 Å². The molecule has 1 atom stereocenters. The molecule has 39 heavy (non-hydrogen) atoms. The van der Waals surface area contributed by atoms with Crippen LogP contribution in [0.15, 0.2) is 35.4 Å². The zero-order valence-electron chi connectivity index (χ0n) is 22.1. The van der Waals surface area contributed by atoms with Gasteiger partial charge >= 0.3 is 0 Å². The lowest BCUT2D eigenvalue weighted by atomic mass is 10.0. The van der Waals surface area contributed by atoms with Crippen LogP contribution in [-0.4, -0.2) is 76.2 Å². The molecular formula is C27H30F2N4O5S. The maximum Gasteiger partial charge on any atom is 0.274 e. The van der Waals surface area contributed by atoms with Crippen molar-refractivity contribution >= 4 is 23.2 Å². The zero-order valence-corrected chi connectivity index (χ0v) is 22.9. The van der Waals surface area contributed by atoms with Crippen molar-refractivity contribution in [3.8, 4) is 16.3 Å². The molecule has 3 aromatic rings. The van der Waals surface area contributed by atoms with Gasteiger partial charge in [-0.15, -0.1) is 11.3 Å². The van der Waals surface area contributed by atoms with Crippen LogP contribution in [-0.2, 0) is 16.0 Å². The van der Waals surface area contributed by atoms with Crippen LogP contribution >= 0.6 is 11.3 Å². The standard InChI is InChI=1S/C27H30F2N4O5S/c1-15(2)32-13-18(11-22(34)31(3)7-8-38-4)33-14-20(24(35)25(36)23(33)27(32)37)26-30-12-19(39-26)9-16-5-6-17(28)10-21(16)29/h5-6,10,12,14-15,18,36H,7-9,11,13H2,1-4H3. The predicted octanol–water partition coefficient (Wildman–Crippen LogP) is 3.45. The van der Waals surface area contributed by atoms with E-state index in [9.17, 15) is 28.3 Å². The zero-order chi connectivity index (χ0) is 28.4. The molecule has 0 fully saturated rings. The topological polar surface area (TPSA) is 105 Å². The van der Waals surface area contributed by atoms with Crippen LogP contribution in [0.2, 0.25) is 0 Å². The Morgan fingerprint density at radius 3 is 2.72 bits per heavy atom. The van der Waals surface area contributed by atoms with Gasteiger partial charge in [-0.2, -0.15) is 0 Å². The molecule has 0 aliphatic carbocycles. The number of rotatable bonds is 9. The van der Waals surface area contributed by atoms with Crippen molar-refractivity contribution in [2.75, 3.05) is 33.9 Å². The minimum Gasteiger partial charge on any atom is -0.503 e. The molecule has 1 aliphatic heterocycles. The van der Waals surface area contributed by atoms with Gasteiger partial charge in [0.05, 0.1) is 18.2 Å². The molecular weight excluding hydrogens is 530 g/mol. The molecule has 1 unspecified atom stereocenters. The van der Waals surface area contributed by atoms with E-state index in [4.69, 9.17) is 4.74 Å². The summed E-state index contributed by atoms with van der Waals surface area (Å²) in [6.07, 6.45) is 3.11. The lowest BCUT2D eigenvalue weighted by Crippen LogP contribution is -2.48. The van der Waals surface area contributed by atoms with Gasteiger partial charge in [0.2, 0.25) is 11.3 Å². The van der Waals surface area contributed by atoms with Gasteiger partial charge in [-0.05, 0) is 25.5 Å². The first-order valence-electron chi connectivity index (χ1n) is 12.4. The number of halogens is 2. The minimum absolute atomic E-state index is 0.0262. The first kappa shape index (κ1) is 28.4. The average molecular weight is 561 g/mol. The Kier molecular flexibility index (Phi) is 8.45. The fourth-order valence-electron chi connectivity index (χ4n) is 4.49. The summed E-state index contributed by atoms with van der Waals surface area (Å²) in [6, 6.07) is 2.55. The van der Waals surface area contributed by atoms with Crippen LogP contribution in [0.25, 0.3) is 10.6 Å². The van der Waals surface area contributed by atoms with Crippen LogP contribution in [0.1, 0.15) is 47.2 Å². The summed E-state index contributed by atoms with van der Waals surface area (Å²) in [4.78, 5) is 47.4. The highest BCUT2D eigenvalue weighted by atomic mass is 32.1. The van der Waals surface area contributed by atoms with Crippen molar-refractivity contribution in [1.82, 2.24) is 19.4 Å². The predicted molar refractivity (Wildman–Crippen MR) is 142 cm³/mol. The second-order valence-corrected chi connectivity index (χ2v) is 10.9. The van der Waals surface area contributed by atoms with Crippen molar-refractivity contribution in [3.05, 3.63) is 68.6 Å². The molecule has 1 N–H and O–H groups in total. The highest BCUT2D eigenvalue weighted by molar-refractivity contribution is 7.15. The quantitative estimate of drug-likeness (QED) is 0.430. The molecule has 0 bridgehead atoms. The maximum atomic E-state index is 14.2. The van der Waals surface area contributed by atoms with E-state index in [1.165, 1.54) is 38.9 Å². The van der Waals surface area contributed by atoms with Crippen molar-refractivity contribution in [2.24, 2.45) is 0 Å². The SMILES string of the molecule is COCCN(C)C(=O)CC1CN(C(C)C)C(=O)c2c(O)c(=O)c(-c3ncc(Cc4ccc(F)cc4F)s3)cn21. The first-order chi connectivity index (χ1) is 18.5. The number of carbonyl (C=O) groups is 2. The van der Waals surface area contributed by atoms with Gasteiger partial charge in [0.15, 0.2) is 11.4 Å². The second-order valence-electron chi connectivity index (χ2n) is 9.74. The average Bonchev–Trinajstić information content (AvgIpc) is 3.35. The van der Waals surface area contributed by atoms with Crippen molar-refractivity contribution < 1.29 is 28.2 Å². The summed E-state index contributed by atoms with van der Waals surface area (Å²) < 4.78 is 34.0. The summed E-state index contributed by atoms with van der Waals surface area (Å²) in [7, 11) is 3.20. The number of pyridine rings is 1. The number of ether oxygens (including phenoxy) is 1. The fraction of sp³-hybridized carbons (Fsp3) is 0.407. The van der Waals surface area contributed by atoms with Crippen molar-refractivity contribution in [1.29, 1.82) is 0 Å². The van der Waals surface area contributed by atoms with E-state index in [-0.39, 0.29) is 53.2 Å². The number of hydrogen-bond acceptors (Lipinski definition) is 7. The molecule has 1 aliphatic rings. The lowest BCUT2D eigenvalue weighted by Gasteiger charge is -2.38. The number of aromatic nitrogens is 2. The number of fused-ring (bicyclic) bond motifs is 1. The molecule has 2 aromatic heterocycles. The van der Waals surface area contributed by atoms with Crippen LogP contribution in [0, 0.1) is 11.6 Å². The third-order valence-corrected chi connectivity index (χ3v) is 7.76. The molecule has 0 saturated heterocycles. The number of methoxy groups -OCH3 is 1. The number of carbonyl (C=O) groups excluding carboxylic acids is 2. The lowest BCUT2D eigenvalue weighted by molar-refractivity contribution is -0.131. The summed E-state index contributed by atoms with van der Waals surface area (Å²) in [5.41, 5.74) is -0.613.